The number of rotatable bonds is 6. The van der Waals surface area contributed by atoms with Gasteiger partial charge in [0, 0.05) is 32.7 Å². The van der Waals surface area contributed by atoms with Crippen LogP contribution in [-0.4, -0.2) is 35.7 Å². The number of nitrogens with zero attached hydrogens (tertiary/aromatic N) is 2. The monoisotopic (exact) mass is 300 g/mol. The molecule has 22 heavy (non-hydrogen) atoms. The van der Waals surface area contributed by atoms with Crippen LogP contribution in [0.1, 0.15) is 29.3 Å². The van der Waals surface area contributed by atoms with Gasteiger partial charge in [0.15, 0.2) is 5.89 Å². The number of benzene rings is 1. The van der Waals surface area contributed by atoms with Crippen molar-refractivity contribution >= 4 is 0 Å². The van der Waals surface area contributed by atoms with Crippen molar-refractivity contribution in [3.8, 4) is 0 Å². The molecule has 2 heterocycles. The van der Waals surface area contributed by atoms with E-state index in [4.69, 9.17) is 9.15 Å². The third kappa shape index (κ3) is 3.76. The second-order valence-electron chi connectivity index (χ2n) is 5.96. The minimum absolute atomic E-state index is 0.486. The SMILES string of the molecule is Cc1nc(CN(CCc2ccccc2)C2CCOC2)c(C)o1. The first-order chi connectivity index (χ1) is 10.7. The van der Waals surface area contributed by atoms with E-state index in [1.807, 2.05) is 13.8 Å². The molecule has 1 aromatic carbocycles. The van der Waals surface area contributed by atoms with E-state index in [0.29, 0.717) is 6.04 Å². The molecule has 3 rings (SSSR count). The molecule has 0 radical (unpaired) electrons. The summed E-state index contributed by atoms with van der Waals surface area (Å²) in [7, 11) is 0. The van der Waals surface area contributed by atoms with E-state index in [2.05, 4.69) is 40.2 Å². The van der Waals surface area contributed by atoms with Crippen molar-refractivity contribution in [2.24, 2.45) is 0 Å². The molecule has 1 aliphatic heterocycles. The zero-order valence-corrected chi connectivity index (χ0v) is 13.4. The standard InChI is InChI=1S/C18H24N2O2/c1-14-18(19-15(2)22-14)12-20(17-9-11-21-13-17)10-8-16-6-4-3-5-7-16/h3-7,17H,8-13H2,1-2H3. The van der Waals surface area contributed by atoms with Crippen LogP contribution in [0.3, 0.4) is 0 Å². The molecule has 4 nitrogen and oxygen atoms in total. The van der Waals surface area contributed by atoms with Gasteiger partial charge in [-0.3, -0.25) is 4.90 Å². The number of ether oxygens (including phenoxy) is 1. The number of hydrogen-bond acceptors (Lipinski definition) is 4. The summed E-state index contributed by atoms with van der Waals surface area (Å²) in [5.74, 6) is 1.68. The first-order valence-electron chi connectivity index (χ1n) is 8.01. The smallest absolute Gasteiger partial charge is 0.191 e. The van der Waals surface area contributed by atoms with Gasteiger partial charge in [-0.15, -0.1) is 0 Å². The van der Waals surface area contributed by atoms with E-state index >= 15 is 0 Å². The molecule has 0 spiro atoms. The van der Waals surface area contributed by atoms with Gasteiger partial charge in [0.25, 0.3) is 0 Å². The molecule has 0 amide bonds. The summed E-state index contributed by atoms with van der Waals surface area (Å²) in [5.41, 5.74) is 2.43. The van der Waals surface area contributed by atoms with Crippen LogP contribution in [0.25, 0.3) is 0 Å². The Hall–Kier alpha value is -1.65. The Balaban J connectivity index is 1.68. The fourth-order valence-electron chi connectivity index (χ4n) is 3.03. The van der Waals surface area contributed by atoms with Gasteiger partial charge in [-0.05, 0) is 25.3 Å². The molecule has 0 saturated carbocycles. The minimum Gasteiger partial charge on any atom is -0.446 e. The van der Waals surface area contributed by atoms with Crippen LogP contribution >= 0.6 is 0 Å². The molecule has 1 fully saturated rings. The van der Waals surface area contributed by atoms with Gasteiger partial charge >= 0.3 is 0 Å². The number of hydrogen-bond donors (Lipinski definition) is 0. The Bertz CT molecular complexity index is 588. The van der Waals surface area contributed by atoms with Crippen molar-refractivity contribution in [2.75, 3.05) is 19.8 Å². The van der Waals surface area contributed by atoms with E-state index in [-0.39, 0.29) is 0 Å². The summed E-state index contributed by atoms with van der Waals surface area (Å²) < 4.78 is 11.1. The lowest BCUT2D eigenvalue weighted by Crippen LogP contribution is -2.37. The zero-order valence-electron chi connectivity index (χ0n) is 13.4. The first-order valence-corrected chi connectivity index (χ1v) is 8.01. The van der Waals surface area contributed by atoms with Crippen LogP contribution in [0, 0.1) is 13.8 Å². The van der Waals surface area contributed by atoms with Crippen LogP contribution in [0.4, 0.5) is 0 Å². The predicted octanol–water partition coefficient (Wildman–Crippen LogP) is 3.13. The molecule has 1 atom stereocenters. The number of aromatic nitrogens is 1. The van der Waals surface area contributed by atoms with Crippen LogP contribution in [0.15, 0.2) is 34.7 Å². The van der Waals surface area contributed by atoms with E-state index in [0.717, 1.165) is 56.5 Å². The predicted molar refractivity (Wildman–Crippen MR) is 85.8 cm³/mol. The second-order valence-corrected chi connectivity index (χ2v) is 5.96. The molecule has 2 aromatic rings. The number of aryl methyl sites for hydroxylation is 2. The van der Waals surface area contributed by atoms with Gasteiger partial charge in [0.1, 0.15) is 5.76 Å². The van der Waals surface area contributed by atoms with Crippen molar-refractivity contribution in [1.82, 2.24) is 9.88 Å². The van der Waals surface area contributed by atoms with Gasteiger partial charge in [0.2, 0.25) is 0 Å². The van der Waals surface area contributed by atoms with Gasteiger partial charge in [-0.2, -0.15) is 0 Å². The highest BCUT2D eigenvalue weighted by Crippen LogP contribution is 2.19. The second kappa shape index (κ2) is 7.07. The maximum atomic E-state index is 5.58. The van der Waals surface area contributed by atoms with Crippen LogP contribution in [0.2, 0.25) is 0 Å². The lowest BCUT2D eigenvalue weighted by molar-refractivity contribution is 0.138. The van der Waals surface area contributed by atoms with Gasteiger partial charge < -0.3 is 9.15 Å². The highest BCUT2D eigenvalue weighted by Gasteiger charge is 2.24. The Kier molecular flexibility index (Phi) is 4.90. The van der Waals surface area contributed by atoms with Gasteiger partial charge in [0.05, 0.1) is 12.3 Å². The quantitative estimate of drug-likeness (QED) is 0.821. The highest BCUT2D eigenvalue weighted by molar-refractivity contribution is 5.15. The fraction of sp³-hybridized carbons (Fsp3) is 0.500. The maximum Gasteiger partial charge on any atom is 0.191 e. The van der Waals surface area contributed by atoms with Crippen LogP contribution < -0.4 is 0 Å². The molecule has 4 heteroatoms. The van der Waals surface area contributed by atoms with Gasteiger partial charge in [-0.25, -0.2) is 4.98 Å². The van der Waals surface area contributed by atoms with E-state index < -0.39 is 0 Å². The van der Waals surface area contributed by atoms with E-state index in [1.165, 1.54) is 5.56 Å². The van der Waals surface area contributed by atoms with Crippen LogP contribution in [-0.2, 0) is 17.7 Å². The van der Waals surface area contributed by atoms with Crippen molar-refractivity contribution < 1.29 is 9.15 Å². The fourth-order valence-corrected chi connectivity index (χ4v) is 3.03. The summed E-state index contributed by atoms with van der Waals surface area (Å²) in [6, 6.07) is 11.1. The zero-order chi connectivity index (χ0) is 15.4. The third-order valence-electron chi connectivity index (χ3n) is 4.31. The molecular formula is C18H24N2O2. The van der Waals surface area contributed by atoms with Crippen molar-refractivity contribution in [1.29, 1.82) is 0 Å². The lowest BCUT2D eigenvalue weighted by Gasteiger charge is -2.27. The van der Waals surface area contributed by atoms with E-state index in [1.54, 1.807) is 0 Å². The average Bonchev–Trinajstić information content (AvgIpc) is 3.14. The Morgan fingerprint density at radius 3 is 2.68 bits per heavy atom. The Morgan fingerprint density at radius 2 is 2.05 bits per heavy atom. The van der Waals surface area contributed by atoms with Gasteiger partial charge in [-0.1, -0.05) is 30.3 Å². The molecule has 0 N–H and O–H groups in total. The molecule has 118 valence electrons. The topological polar surface area (TPSA) is 38.5 Å². The Morgan fingerprint density at radius 1 is 1.23 bits per heavy atom. The molecule has 0 aliphatic carbocycles. The summed E-state index contributed by atoms with van der Waals surface area (Å²) in [6.07, 6.45) is 2.15. The molecule has 1 aliphatic rings. The number of oxazole rings is 1. The highest BCUT2D eigenvalue weighted by atomic mass is 16.5. The third-order valence-corrected chi connectivity index (χ3v) is 4.31. The Labute approximate surface area is 132 Å². The summed E-state index contributed by atoms with van der Waals surface area (Å²) in [6.45, 7) is 7.45. The van der Waals surface area contributed by atoms with E-state index in [9.17, 15) is 0 Å². The largest absolute Gasteiger partial charge is 0.446 e. The van der Waals surface area contributed by atoms with Crippen LogP contribution in [0.5, 0.6) is 0 Å². The first kappa shape index (κ1) is 15.3. The lowest BCUT2D eigenvalue weighted by atomic mass is 10.1. The molecule has 1 saturated heterocycles. The average molecular weight is 300 g/mol. The molecule has 1 unspecified atom stereocenters. The molecule has 1 aromatic heterocycles. The molecule has 0 bridgehead atoms. The summed E-state index contributed by atoms with van der Waals surface area (Å²) in [5, 5.41) is 0. The summed E-state index contributed by atoms with van der Waals surface area (Å²) >= 11 is 0. The summed E-state index contributed by atoms with van der Waals surface area (Å²) in [4.78, 5) is 7.02. The normalized spacial score (nSPS) is 18.2. The molecular weight excluding hydrogens is 276 g/mol. The van der Waals surface area contributed by atoms with Crippen molar-refractivity contribution in [2.45, 2.75) is 39.3 Å². The maximum absolute atomic E-state index is 5.58. The minimum atomic E-state index is 0.486. The van der Waals surface area contributed by atoms with Crippen molar-refractivity contribution in [3.63, 3.8) is 0 Å². The van der Waals surface area contributed by atoms with Crippen molar-refractivity contribution in [3.05, 3.63) is 53.2 Å².